The van der Waals surface area contributed by atoms with Crippen molar-refractivity contribution in [3.63, 3.8) is 0 Å². The molecule has 1 saturated heterocycles. The SMILES string of the molecule is CC(C)CC(=O)NC1CC(=O)N(C2CC2)C1. The molecule has 1 aliphatic carbocycles. The molecule has 4 nitrogen and oxygen atoms in total. The normalized spacial score (nSPS) is 25.3. The summed E-state index contributed by atoms with van der Waals surface area (Å²) in [5.41, 5.74) is 0. The van der Waals surface area contributed by atoms with Crippen molar-refractivity contribution in [1.29, 1.82) is 0 Å². The first-order valence-electron chi connectivity index (χ1n) is 6.15. The molecule has 90 valence electrons. The summed E-state index contributed by atoms with van der Waals surface area (Å²) in [4.78, 5) is 25.1. The second-order valence-electron chi connectivity index (χ2n) is 5.34. The van der Waals surface area contributed by atoms with Gasteiger partial charge < -0.3 is 10.2 Å². The van der Waals surface area contributed by atoms with Crippen LogP contribution < -0.4 is 5.32 Å². The Labute approximate surface area is 96.4 Å². The molecule has 1 unspecified atom stereocenters. The van der Waals surface area contributed by atoms with Crippen molar-refractivity contribution in [3.8, 4) is 0 Å². The lowest BCUT2D eigenvalue weighted by molar-refractivity contribution is -0.128. The van der Waals surface area contributed by atoms with Crippen LogP contribution in [0.4, 0.5) is 0 Å². The molecular weight excluding hydrogens is 204 g/mol. The Bertz CT molecular complexity index is 297. The van der Waals surface area contributed by atoms with E-state index in [1.807, 2.05) is 18.7 Å². The van der Waals surface area contributed by atoms with Gasteiger partial charge in [0.15, 0.2) is 0 Å². The molecule has 2 fully saturated rings. The van der Waals surface area contributed by atoms with Crippen molar-refractivity contribution in [2.24, 2.45) is 5.92 Å². The number of amides is 2. The summed E-state index contributed by atoms with van der Waals surface area (Å²) < 4.78 is 0. The molecule has 1 saturated carbocycles. The van der Waals surface area contributed by atoms with Gasteiger partial charge in [-0.1, -0.05) is 13.8 Å². The van der Waals surface area contributed by atoms with Gasteiger partial charge in [0.2, 0.25) is 11.8 Å². The van der Waals surface area contributed by atoms with E-state index in [9.17, 15) is 9.59 Å². The quantitative estimate of drug-likeness (QED) is 0.771. The minimum atomic E-state index is 0.0411. The van der Waals surface area contributed by atoms with E-state index < -0.39 is 0 Å². The molecule has 0 aromatic rings. The van der Waals surface area contributed by atoms with Crippen LogP contribution in [-0.4, -0.2) is 35.3 Å². The summed E-state index contributed by atoms with van der Waals surface area (Å²) in [6.07, 6.45) is 3.31. The minimum Gasteiger partial charge on any atom is -0.351 e. The number of nitrogens with zero attached hydrogens (tertiary/aromatic N) is 1. The highest BCUT2D eigenvalue weighted by Crippen LogP contribution is 2.30. The van der Waals surface area contributed by atoms with E-state index >= 15 is 0 Å². The second kappa shape index (κ2) is 4.44. The lowest BCUT2D eigenvalue weighted by atomic mass is 10.1. The third-order valence-electron chi connectivity index (χ3n) is 3.10. The van der Waals surface area contributed by atoms with Crippen LogP contribution in [0.2, 0.25) is 0 Å². The molecule has 0 bridgehead atoms. The Balaban J connectivity index is 1.79. The Kier molecular flexibility index (Phi) is 3.17. The zero-order chi connectivity index (χ0) is 11.7. The second-order valence-corrected chi connectivity index (χ2v) is 5.34. The molecule has 2 aliphatic rings. The van der Waals surface area contributed by atoms with Gasteiger partial charge in [-0.2, -0.15) is 0 Å². The molecule has 0 spiro atoms. The van der Waals surface area contributed by atoms with E-state index in [1.165, 1.54) is 0 Å². The highest BCUT2D eigenvalue weighted by molar-refractivity contribution is 5.82. The first-order valence-corrected chi connectivity index (χ1v) is 6.15. The fourth-order valence-corrected chi connectivity index (χ4v) is 2.22. The molecule has 1 N–H and O–H groups in total. The van der Waals surface area contributed by atoms with E-state index in [2.05, 4.69) is 5.32 Å². The molecule has 1 heterocycles. The van der Waals surface area contributed by atoms with Crippen molar-refractivity contribution in [2.45, 2.75) is 51.6 Å². The van der Waals surface area contributed by atoms with Crippen molar-refractivity contribution in [3.05, 3.63) is 0 Å². The van der Waals surface area contributed by atoms with Crippen LogP contribution >= 0.6 is 0 Å². The summed E-state index contributed by atoms with van der Waals surface area (Å²) in [5.74, 6) is 0.652. The summed E-state index contributed by atoms with van der Waals surface area (Å²) in [5, 5.41) is 2.95. The summed E-state index contributed by atoms with van der Waals surface area (Å²) >= 11 is 0. The summed E-state index contributed by atoms with van der Waals surface area (Å²) in [6.45, 7) is 4.76. The van der Waals surface area contributed by atoms with Crippen LogP contribution in [0.15, 0.2) is 0 Å². The summed E-state index contributed by atoms with van der Waals surface area (Å²) in [7, 11) is 0. The highest BCUT2D eigenvalue weighted by Gasteiger charge is 2.39. The topological polar surface area (TPSA) is 49.4 Å². The molecule has 1 aliphatic heterocycles. The van der Waals surface area contributed by atoms with Crippen molar-refractivity contribution < 1.29 is 9.59 Å². The average molecular weight is 224 g/mol. The van der Waals surface area contributed by atoms with Crippen LogP contribution in [0.1, 0.15) is 39.5 Å². The molecule has 2 rings (SSSR count). The standard InChI is InChI=1S/C12H20N2O2/c1-8(2)5-11(15)13-9-6-12(16)14(7-9)10-3-4-10/h8-10H,3-7H2,1-2H3,(H,13,15). The van der Waals surface area contributed by atoms with Gasteiger partial charge in [0.25, 0.3) is 0 Å². The maximum Gasteiger partial charge on any atom is 0.225 e. The number of rotatable bonds is 4. The van der Waals surface area contributed by atoms with Gasteiger partial charge in [0.1, 0.15) is 0 Å². The smallest absolute Gasteiger partial charge is 0.225 e. The van der Waals surface area contributed by atoms with Gasteiger partial charge in [0, 0.05) is 25.4 Å². The third kappa shape index (κ3) is 2.74. The number of nitrogens with one attached hydrogen (secondary N) is 1. The van der Waals surface area contributed by atoms with Gasteiger partial charge in [-0.3, -0.25) is 9.59 Å². The van der Waals surface area contributed by atoms with Crippen molar-refractivity contribution >= 4 is 11.8 Å². The van der Waals surface area contributed by atoms with Crippen LogP contribution in [0, 0.1) is 5.92 Å². The molecule has 1 atom stereocenters. The fraction of sp³-hybridized carbons (Fsp3) is 0.833. The molecule has 4 heteroatoms. The van der Waals surface area contributed by atoms with Crippen molar-refractivity contribution in [2.75, 3.05) is 6.54 Å². The fourth-order valence-electron chi connectivity index (χ4n) is 2.22. The number of carbonyl (C=O) groups is 2. The Morgan fingerprint density at radius 1 is 1.50 bits per heavy atom. The molecule has 0 radical (unpaired) electrons. The highest BCUT2D eigenvalue weighted by atomic mass is 16.2. The predicted molar refractivity (Wildman–Crippen MR) is 60.7 cm³/mol. The maximum absolute atomic E-state index is 11.6. The number of carbonyl (C=O) groups excluding carboxylic acids is 2. The van der Waals surface area contributed by atoms with E-state index in [1.54, 1.807) is 0 Å². The zero-order valence-electron chi connectivity index (χ0n) is 10.0. The average Bonchev–Trinajstić information content (AvgIpc) is 2.90. The molecular formula is C12H20N2O2. The monoisotopic (exact) mass is 224 g/mol. The summed E-state index contributed by atoms with van der Waals surface area (Å²) in [6, 6.07) is 0.513. The van der Waals surface area contributed by atoms with Crippen molar-refractivity contribution in [1.82, 2.24) is 10.2 Å². The molecule has 0 aromatic carbocycles. The third-order valence-corrected chi connectivity index (χ3v) is 3.10. The van der Waals surface area contributed by atoms with Gasteiger partial charge in [0.05, 0.1) is 6.04 Å². The zero-order valence-corrected chi connectivity index (χ0v) is 10.0. The van der Waals surface area contributed by atoms with Crippen LogP contribution in [0.5, 0.6) is 0 Å². The van der Waals surface area contributed by atoms with Gasteiger partial charge in [-0.25, -0.2) is 0 Å². The predicted octanol–water partition coefficient (Wildman–Crippen LogP) is 0.912. The first kappa shape index (κ1) is 11.4. The van der Waals surface area contributed by atoms with Crippen LogP contribution in [0.3, 0.4) is 0 Å². The first-order chi connectivity index (χ1) is 7.56. The Morgan fingerprint density at radius 2 is 2.19 bits per heavy atom. The maximum atomic E-state index is 11.6. The van der Waals surface area contributed by atoms with Gasteiger partial charge >= 0.3 is 0 Å². The number of hydrogen-bond donors (Lipinski definition) is 1. The van der Waals surface area contributed by atoms with Crippen LogP contribution in [-0.2, 0) is 9.59 Å². The van der Waals surface area contributed by atoms with E-state index in [-0.39, 0.29) is 17.9 Å². The Morgan fingerprint density at radius 3 is 2.75 bits per heavy atom. The minimum absolute atomic E-state index is 0.0411. The van der Waals surface area contributed by atoms with E-state index in [0.29, 0.717) is 31.3 Å². The van der Waals surface area contributed by atoms with E-state index in [4.69, 9.17) is 0 Å². The molecule has 16 heavy (non-hydrogen) atoms. The lowest BCUT2D eigenvalue weighted by Crippen LogP contribution is -2.38. The largest absolute Gasteiger partial charge is 0.351 e. The Hall–Kier alpha value is -1.06. The van der Waals surface area contributed by atoms with E-state index in [0.717, 1.165) is 12.8 Å². The number of likely N-dealkylation sites (tertiary alicyclic amines) is 1. The lowest BCUT2D eigenvalue weighted by Gasteiger charge is -2.16. The number of hydrogen-bond acceptors (Lipinski definition) is 2. The molecule has 0 aromatic heterocycles. The van der Waals surface area contributed by atoms with Crippen LogP contribution in [0.25, 0.3) is 0 Å². The van der Waals surface area contributed by atoms with Gasteiger partial charge in [-0.05, 0) is 18.8 Å². The molecule has 2 amide bonds. The van der Waals surface area contributed by atoms with Gasteiger partial charge in [-0.15, -0.1) is 0 Å².